The minimum absolute atomic E-state index is 0.138. The highest BCUT2D eigenvalue weighted by Crippen LogP contribution is 2.45. The van der Waals surface area contributed by atoms with Crippen molar-refractivity contribution in [2.75, 3.05) is 13.4 Å². The Kier molecular flexibility index (Phi) is 7.53. The van der Waals surface area contributed by atoms with E-state index in [9.17, 15) is 41.3 Å². The Morgan fingerprint density at radius 3 is 2.19 bits per heavy atom. The standard InChI is InChI=1S/C18H13F6NO4S2/c1-29-16(26)15(9-5-10(17(19,20)21)7-12(6-9)30-2)31-14-4-3-11(25(27)28)8-13(14)18(22,23)24/h3-8,15H,1-2H3. The van der Waals surface area contributed by atoms with Gasteiger partial charge in [-0.2, -0.15) is 26.3 Å². The number of hydrogen-bond acceptors (Lipinski definition) is 6. The van der Waals surface area contributed by atoms with Crippen molar-refractivity contribution in [3.05, 3.63) is 63.2 Å². The van der Waals surface area contributed by atoms with E-state index in [1.165, 1.54) is 12.3 Å². The Morgan fingerprint density at radius 1 is 1.06 bits per heavy atom. The quantitative estimate of drug-likeness (QED) is 0.156. The molecule has 0 aliphatic heterocycles. The molecule has 5 nitrogen and oxygen atoms in total. The summed E-state index contributed by atoms with van der Waals surface area (Å²) in [5.74, 6) is -1.08. The van der Waals surface area contributed by atoms with Crippen LogP contribution in [0.1, 0.15) is 21.9 Å². The van der Waals surface area contributed by atoms with E-state index in [-0.39, 0.29) is 10.5 Å². The molecule has 0 aliphatic carbocycles. The van der Waals surface area contributed by atoms with Crippen LogP contribution in [0.4, 0.5) is 32.0 Å². The molecular formula is C18H13F6NO4S2. The zero-order chi connectivity index (χ0) is 23.6. The molecule has 1 atom stereocenters. The second kappa shape index (κ2) is 9.39. The second-order valence-electron chi connectivity index (χ2n) is 5.95. The first-order chi connectivity index (χ1) is 14.3. The minimum atomic E-state index is -5.01. The van der Waals surface area contributed by atoms with E-state index in [2.05, 4.69) is 4.74 Å². The fourth-order valence-electron chi connectivity index (χ4n) is 2.50. The first-order valence-corrected chi connectivity index (χ1v) is 10.2. The lowest BCUT2D eigenvalue weighted by molar-refractivity contribution is -0.385. The van der Waals surface area contributed by atoms with Gasteiger partial charge in [0.1, 0.15) is 5.25 Å². The molecule has 0 saturated heterocycles. The Morgan fingerprint density at radius 2 is 1.71 bits per heavy atom. The fourth-order valence-corrected chi connectivity index (χ4v) is 4.16. The van der Waals surface area contributed by atoms with Crippen LogP contribution in [-0.2, 0) is 21.9 Å². The highest BCUT2D eigenvalue weighted by Gasteiger charge is 2.38. The van der Waals surface area contributed by atoms with Gasteiger partial charge in [-0.15, -0.1) is 23.5 Å². The van der Waals surface area contributed by atoms with Crippen molar-refractivity contribution in [2.24, 2.45) is 0 Å². The molecule has 0 bridgehead atoms. The number of thioether (sulfide) groups is 2. The number of ether oxygens (including phenoxy) is 1. The van der Waals surface area contributed by atoms with Crippen LogP contribution in [-0.4, -0.2) is 24.3 Å². The summed E-state index contributed by atoms with van der Waals surface area (Å²) < 4.78 is 84.7. The number of esters is 1. The Bertz CT molecular complexity index is 994. The lowest BCUT2D eigenvalue weighted by Crippen LogP contribution is -2.15. The van der Waals surface area contributed by atoms with Gasteiger partial charge < -0.3 is 4.74 Å². The average Bonchev–Trinajstić information content (AvgIpc) is 2.69. The molecule has 0 N–H and O–H groups in total. The van der Waals surface area contributed by atoms with Crippen molar-refractivity contribution in [2.45, 2.75) is 27.4 Å². The van der Waals surface area contributed by atoms with Gasteiger partial charge in [0.2, 0.25) is 0 Å². The Labute approximate surface area is 180 Å². The van der Waals surface area contributed by atoms with Crippen molar-refractivity contribution in [3.63, 3.8) is 0 Å². The van der Waals surface area contributed by atoms with Crippen molar-refractivity contribution in [1.29, 1.82) is 0 Å². The average molecular weight is 485 g/mol. The number of rotatable bonds is 6. The molecule has 0 fully saturated rings. The molecule has 2 aromatic rings. The molecule has 0 aliphatic rings. The fraction of sp³-hybridized carbons (Fsp3) is 0.278. The summed E-state index contributed by atoms with van der Waals surface area (Å²) in [7, 11) is 0.944. The molecule has 0 heterocycles. The number of nitro benzene ring substituents is 1. The lowest BCUT2D eigenvalue weighted by Gasteiger charge is -2.20. The zero-order valence-electron chi connectivity index (χ0n) is 15.7. The normalized spacial score (nSPS) is 13.0. The van der Waals surface area contributed by atoms with E-state index in [1.54, 1.807) is 0 Å². The monoisotopic (exact) mass is 485 g/mol. The molecule has 0 radical (unpaired) electrons. The molecule has 2 rings (SSSR count). The number of alkyl halides is 6. The first-order valence-electron chi connectivity index (χ1n) is 8.14. The van der Waals surface area contributed by atoms with Gasteiger partial charge in [-0.05, 0) is 36.1 Å². The lowest BCUT2D eigenvalue weighted by atomic mass is 10.1. The maximum atomic E-state index is 13.5. The van der Waals surface area contributed by atoms with Gasteiger partial charge in [-0.1, -0.05) is 0 Å². The van der Waals surface area contributed by atoms with Gasteiger partial charge >= 0.3 is 18.3 Å². The van der Waals surface area contributed by atoms with Gasteiger partial charge in [0.05, 0.1) is 23.2 Å². The number of nitro groups is 1. The first kappa shape index (κ1) is 24.9. The predicted octanol–water partition coefficient (Wildman–Crippen LogP) is 6.36. The number of nitrogens with zero attached hydrogens (tertiary/aromatic N) is 1. The topological polar surface area (TPSA) is 69.4 Å². The van der Waals surface area contributed by atoms with Crippen molar-refractivity contribution >= 4 is 35.2 Å². The molecule has 0 spiro atoms. The highest BCUT2D eigenvalue weighted by atomic mass is 32.2. The molecule has 2 aromatic carbocycles. The summed E-state index contributed by atoms with van der Waals surface area (Å²) in [6, 6.07) is 4.66. The van der Waals surface area contributed by atoms with Crippen LogP contribution in [0.5, 0.6) is 0 Å². The van der Waals surface area contributed by atoms with Crippen LogP contribution in [0, 0.1) is 10.1 Å². The molecule has 168 valence electrons. The van der Waals surface area contributed by atoms with Crippen LogP contribution in [0.3, 0.4) is 0 Å². The molecule has 0 aromatic heterocycles. The summed E-state index contributed by atoms with van der Waals surface area (Å²) in [6.07, 6.45) is -8.26. The van der Waals surface area contributed by atoms with Crippen LogP contribution >= 0.6 is 23.5 Å². The zero-order valence-corrected chi connectivity index (χ0v) is 17.3. The van der Waals surface area contributed by atoms with E-state index in [0.717, 1.165) is 37.1 Å². The molecule has 0 saturated carbocycles. The van der Waals surface area contributed by atoms with Crippen LogP contribution in [0.2, 0.25) is 0 Å². The smallest absolute Gasteiger partial charge is 0.417 e. The Balaban J connectivity index is 2.63. The number of methoxy groups -OCH3 is 1. The number of non-ortho nitro benzene ring substituents is 1. The van der Waals surface area contributed by atoms with Crippen LogP contribution in [0.15, 0.2) is 46.2 Å². The maximum Gasteiger partial charge on any atom is 0.417 e. The van der Waals surface area contributed by atoms with E-state index in [4.69, 9.17) is 0 Å². The maximum absolute atomic E-state index is 13.5. The highest BCUT2D eigenvalue weighted by molar-refractivity contribution is 8.00. The molecule has 1 unspecified atom stereocenters. The molecule has 0 amide bonds. The third kappa shape index (κ3) is 6.06. The van der Waals surface area contributed by atoms with Crippen LogP contribution in [0.25, 0.3) is 0 Å². The predicted molar refractivity (Wildman–Crippen MR) is 102 cm³/mol. The van der Waals surface area contributed by atoms with Gasteiger partial charge in [0.15, 0.2) is 0 Å². The number of carbonyl (C=O) groups excluding carboxylic acids is 1. The van der Waals surface area contributed by atoms with Gasteiger partial charge in [0.25, 0.3) is 5.69 Å². The van der Waals surface area contributed by atoms with Gasteiger partial charge in [0, 0.05) is 21.9 Å². The number of benzene rings is 2. The summed E-state index contributed by atoms with van der Waals surface area (Å²) in [5, 5.41) is 9.26. The van der Waals surface area contributed by atoms with Crippen LogP contribution < -0.4 is 0 Å². The van der Waals surface area contributed by atoms with Gasteiger partial charge in [-0.25, -0.2) is 0 Å². The third-order valence-electron chi connectivity index (χ3n) is 3.93. The van der Waals surface area contributed by atoms with Crippen molar-refractivity contribution < 1.29 is 40.8 Å². The third-order valence-corrected chi connectivity index (χ3v) is 5.95. The number of halogens is 6. The molecular weight excluding hydrogens is 472 g/mol. The van der Waals surface area contributed by atoms with Gasteiger partial charge in [-0.3, -0.25) is 14.9 Å². The summed E-state index contributed by atoms with van der Waals surface area (Å²) in [5.41, 5.74) is -3.52. The SMILES string of the molecule is COC(=O)C(Sc1ccc([N+](=O)[O-])cc1C(F)(F)F)c1cc(SC)cc(C(F)(F)F)c1. The van der Waals surface area contributed by atoms with E-state index in [1.807, 2.05) is 0 Å². The minimum Gasteiger partial charge on any atom is -0.468 e. The van der Waals surface area contributed by atoms with E-state index >= 15 is 0 Å². The van der Waals surface area contributed by atoms with Crippen molar-refractivity contribution in [1.82, 2.24) is 0 Å². The number of carbonyl (C=O) groups is 1. The second-order valence-corrected chi connectivity index (χ2v) is 7.98. The number of hydrogen-bond donors (Lipinski definition) is 0. The van der Waals surface area contributed by atoms with E-state index in [0.29, 0.717) is 23.9 Å². The van der Waals surface area contributed by atoms with E-state index < -0.39 is 50.2 Å². The largest absolute Gasteiger partial charge is 0.468 e. The summed E-state index contributed by atoms with van der Waals surface area (Å²) in [4.78, 5) is 21.7. The van der Waals surface area contributed by atoms with Crippen molar-refractivity contribution in [3.8, 4) is 0 Å². The summed E-state index contributed by atoms with van der Waals surface area (Å²) in [6.45, 7) is 0. The Hall–Kier alpha value is -2.41. The molecule has 31 heavy (non-hydrogen) atoms. The summed E-state index contributed by atoms with van der Waals surface area (Å²) >= 11 is 1.25. The molecule has 13 heteroatoms.